The van der Waals surface area contributed by atoms with Crippen molar-refractivity contribution in [3.63, 3.8) is 0 Å². The normalized spacial score (nSPS) is 12.0. The number of hydrogen-bond acceptors (Lipinski definition) is 0. The van der Waals surface area contributed by atoms with E-state index < -0.39 is 8.07 Å². The third kappa shape index (κ3) is 5.81. The summed E-state index contributed by atoms with van der Waals surface area (Å²) in [4.78, 5) is 0. The van der Waals surface area contributed by atoms with Crippen LogP contribution in [0.3, 0.4) is 0 Å². The molecule has 3 aromatic heterocycles. The van der Waals surface area contributed by atoms with Gasteiger partial charge in [-0.2, -0.15) is 0 Å². The van der Waals surface area contributed by atoms with E-state index >= 15 is 0 Å². The molecule has 0 unspecified atom stereocenters. The van der Waals surface area contributed by atoms with Crippen molar-refractivity contribution < 1.29 is 0 Å². The highest BCUT2D eigenvalue weighted by atomic mass is 28.3. The molecule has 4 heteroatoms. The first kappa shape index (κ1) is 40.1. The Bertz CT molecular complexity index is 4130. The highest BCUT2D eigenvalue weighted by molar-refractivity contribution is 7.20. The quantitative estimate of drug-likeness (QED) is 0.107. The summed E-state index contributed by atoms with van der Waals surface area (Å²) in [5.74, 6) is 0. The molecule has 0 saturated heterocycles. The fraction of sp³-hybridized carbons (Fsp3) is 0. The first-order chi connectivity index (χ1) is 34.8. The van der Waals surface area contributed by atoms with Crippen molar-refractivity contribution in [1.82, 2.24) is 13.7 Å². The lowest BCUT2D eigenvalue weighted by Gasteiger charge is -2.35. The van der Waals surface area contributed by atoms with Crippen LogP contribution in [0.5, 0.6) is 0 Å². The Kier molecular flexibility index (Phi) is 9.23. The van der Waals surface area contributed by atoms with E-state index in [9.17, 15) is 0 Å². The van der Waals surface area contributed by atoms with Gasteiger partial charge >= 0.3 is 0 Å². The second-order valence-corrected chi connectivity index (χ2v) is 22.1. The predicted molar refractivity (Wildman–Crippen MR) is 299 cm³/mol. The summed E-state index contributed by atoms with van der Waals surface area (Å²) in [6.07, 6.45) is 0. The molecule has 0 atom stereocenters. The van der Waals surface area contributed by atoms with E-state index in [-0.39, 0.29) is 0 Å². The Morgan fingerprint density at radius 3 is 1.26 bits per heavy atom. The molecule has 0 spiro atoms. The second-order valence-electron chi connectivity index (χ2n) is 18.3. The van der Waals surface area contributed by atoms with Crippen molar-refractivity contribution in [2.45, 2.75) is 0 Å². The highest BCUT2D eigenvalue weighted by Gasteiger charge is 2.44. The fourth-order valence-electron chi connectivity index (χ4n) is 12.0. The molecular weight excluding hydrogens is 863 g/mol. The molecule has 0 aliphatic heterocycles. The first-order valence-corrected chi connectivity index (χ1v) is 26.2. The minimum Gasteiger partial charge on any atom is -0.309 e. The van der Waals surface area contributed by atoms with Crippen LogP contribution in [0.25, 0.3) is 93.6 Å². The number of nitrogens with zero attached hydrogens (tertiary/aromatic N) is 3. The molecule has 14 aromatic rings. The van der Waals surface area contributed by atoms with Crippen LogP contribution in [0.15, 0.2) is 273 Å². The van der Waals surface area contributed by atoms with Crippen LogP contribution < -0.4 is 20.7 Å². The van der Waals surface area contributed by atoms with Gasteiger partial charge in [-0.05, 0) is 68.8 Å². The van der Waals surface area contributed by atoms with Crippen molar-refractivity contribution in [2.24, 2.45) is 0 Å². The number of aromatic nitrogens is 3. The fourth-order valence-corrected chi connectivity index (χ4v) is 17.0. The Balaban J connectivity index is 1.22. The van der Waals surface area contributed by atoms with Crippen molar-refractivity contribution in [3.8, 4) is 28.2 Å². The maximum atomic E-state index is 2.65. The van der Waals surface area contributed by atoms with Crippen LogP contribution in [0.2, 0.25) is 0 Å². The topological polar surface area (TPSA) is 14.8 Å². The Hall–Kier alpha value is -8.96. The lowest BCUT2D eigenvalue weighted by molar-refractivity contribution is 1.13. The second kappa shape index (κ2) is 16.1. The molecule has 3 nitrogen and oxygen atoms in total. The number of rotatable bonds is 8. The minimum atomic E-state index is -3.13. The van der Waals surface area contributed by atoms with Gasteiger partial charge in [0.05, 0.1) is 50.2 Å². The number of hydrogen-bond donors (Lipinski definition) is 0. The van der Waals surface area contributed by atoms with Crippen LogP contribution in [-0.4, -0.2) is 21.8 Å². The smallest absolute Gasteiger partial charge is 0.181 e. The van der Waals surface area contributed by atoms with Crippen LogP contribution >= 0.6 is 0 Å². The molecular formula is C66H45N3Si. The number of para-hydroxylation sites is 6. The SMILES string of the molecule is c1ccc(-c2ccccc2-n2c3ccccc3c3cccc(-n4c5cccc(-n6c7ccccc7c7ccccc76)c5c5cccc([Si](c6ccccc6)(c6ccccc6)c6ccccc6)c54)c32)cc1. The van der Waals surface area contributed by atoms with Gasteiger partial charge in [-0.15, -0.1) is 0 Å². The van der Waals surface area contributed by atoms with Gasteiger partial charge in [0.15, 0.2) is 8.07 Å². The average molecular weight is 908 g/mol. The van der Waals surface area contributed by atoms with Gasteiger partial charge in [0.2, 0.25) is 0 Å². The van der Waals surface area contributed by atoms with Gasteiger partial charge in [0, 0.05) is 37.9 Å². The molecule has 70 heavy (non-hydrogen) atoms. The van der Waals surface area contributed by atoms with Crippen molar-refractivity contribution in [2.75, 3.05) is 0 Å². The lowest BCUT2D eigenvalue weighted by atomic mass is 10.0. The van der Waals surface area contributed by atoms with E-state index in [0.717, 1.165) is 28.1 Å². The van der Waals surface area contributed by atoms with Crippen LogP contribution in [0.4, 0.5) is 0 Å². The van der Waals surface area contributed by atoms with Gasteiger partial charge in [-0.3, -0.25) is 0 Å². The molecule has 0 bridgehead atoms. The molecule has 0 saturated carbocycles. The van der Waals surface area contributed by atoms with E-state index in [0.29, 0.717) is 0 Å². The lowest BCUT2D eigenvalue weighted by Crippen LogP contribution is -2.75. The van der Waals surface area contributed by atoms with Crippen LogP contribution in [-0.2, 0) is 0 Å². The van der Waals surface area contributed by atoms with Gasteiger partial charge < -0.3 is 13.7 Å². The predicted octanol–water partition coefficient (Wildman–Crippen LogP) is 14.0. The minimum absolute atomic E-state index is 1.13. The average Bonchev–Trinajstić information content (AvgIpc) is 4.09. The van der Waals surface area contributed by atoms with Gasteiger partial charge in [-0.25, -0.2) is 0 Å². The molecule has 328 valence electrons. The molecule has 0 amide bonds. The number of fused-ring (bicyclic) bond motifs is 9. The zero-order chi connectivity index (χ0) is 46.2. The third-order valence-corrected chi connectivity index (χ3v) is 19.6. The summed E-state index contributed by atoms with van der Waals surface area (Å²) in [5.41, 5.74) is 12.9. The summed E-state index contributed by atoms with van der Waals surface area (Å²) in [7, 11) is -3.13. The van der Waals surface area contributed by atoms with Crippen molar-refractivity contribution in [1.29, 1.82) is 0 Å². The van der Waals surface area contributed by atoms with Gasteiger partial charge in [-0.1, -0.05) is 231 Å². The van der Waals surface area contributed by atoms with E-state index in [1.807, 2.05) is 0 Å². The third-order valence-electron chi connectivity index (χ3n) is 14.8. The zero-order valence-corrected chi connectivity index (χ0v) is 39.3. The van der Waals surface area contributed by atoms with Gasteiger partial charge in [0.25, 0.3) is 0 Å². The summed E-state index contributed by atoms with van der Waals surface area (Å²) in [6.45, 7) is 0. The molecule has 0 fully saturated rings. The van der Waals surface area contributed by atoms with E-state index in [4.69, 9.17) is 0 Å². The van der Waals surface area contributed by atoms with Crippen molar-refractivity contribution >= 4 is 94.2 Å². The maximum Gasteiger partial charge on any atom is 0.181 e. The maximum absolute atomic E-state index is 3.13. The first-order valence-electron chi connectivity index (χ1n) is 24.2. The molecule has 0 N–H and O–H groups in total. The zero-order valence-electron chi connectivity index (χ0n) is 38.3. The van der Waals surface area contributed by atoms with E-state index in [1.54, 1.807) is 0 Å². The summed E-state index contributed by atoms with van der Waals surface area (Å²) >= 11 is 0. The van der Waals surface area contributed by atoms with E-state index in [2.05, 4.69) is 287 Å². The Morgan fingerprint density at radius 1 is 0.243 bits per heavy atom. The largest absolute Gasteiger partial charge is 0.309 e. The molecule has 0 aliphatic carbocycles. The molecule has 3 heterocycles. The summed E-state index contributed by atoms with van der Waals surface area (Å²) in [5, 5.41) is 12.7. The number of benzene rings is 11. The summed E-state index contributed by atoms with van der Waals surface area (Å²) < 4.78 is 7.69. The Labute approximate surface area is 407 Å². The molecule has 0 aliphatic rings. The standard InChI is InChI=1S/C66H45N3Si/c1-5-24-46(25-6-1)50-32-13-17-38-56(50)68-59-41-20-16-35-53(59)54-36-21-44-62(65(54)68)69-61-43-23-42-60(67-57-39-18-14-33-51(57)52-34-15-19-40-58(52)67)64(61)55-37-22-45-63(66(55)69)70(47-26-7-2-8-27-47,48-28-9-3-10-29-48)49-30-11-4-12-31-49/h1-45H. The van der Waals surface area contributed by atoms with Gasteiger partial charge in [0.1, 0.15) is 0 Å². The Morgan fingerprint density at radius 2 is 0.643 bits per heavy atom. The monoisotopic (exact) mass is 907 g/mol. The molecule has 14 rings (SSSR count). The highest BCUT2D eigenvalue weighted by Crippen LogP contribution is 2.44. The van der Waals surface area contributed by atoms with E-state index in [1.165, 1.54) is 86.3 Å². The van der Waals surface area contributed by atoms with Crippen molar-refractivity contribution in [3.05, 3.63) is 273 Å². The summed E-state index contributed by atoms with van der Waals surface area (Å²) in [6, 6.07) is 102. The van der Waals surface area contributed by atoms with Crippen LogP contribution in [0, 0.1) is 0 Å². The van der Waals surface area contributed by atoms with Crippen LogP contribution in [0.1, 0.15) is 0 Å². The molecule has 11 aromatic carbocycles. The molecule has 0 radical (unpaired) electrons.